The Morgan fingerprint density at radius 3 is 2.70 bits per heavy atom. The molecule has 0 radical (unpaired) electrons. The zero-order valence-electron chi connectivity index (χ0n) is 11.3. The Hall–Kier alpha value is -1.62. The van der Waals surface area contributed by atoms with Gasteiger partial charge in [0.25, 0.3) is 0 Å². The Labute approximate surface area is 122 Å². The number of aliphatic carboxylic acids is 1. The summed E-state index contributed by atoms with van der Waals surface area (Å²) in [6.07, 6.45) is 7.44. The van der Waals surface area contributed by atoms with Crippen molar-refractivity contribution < 1.29 is 14.7 Å². The van der Waals surface area contributed by atoms with Crippen molar-refractivity contribution in [2.75, 3.05) is 6.54 Å². The summed E-state index contributed by atoms with van der Waals surface area (Å²) in [5, 5.41) is 14.1. The summed E-state index contributed by atoms with van der Waals surface area (Å²) in [5.41, 5.74) is -0.773. The van der Waals surface area contributed by atoms with Crippen molar-refractivity contribution in [1.29, 1.82) is 0 Å². The van der Waals surface area contributed by atoms with Crippen molar-refractivity contribution in [2.24, 2.45) is 5.41 Å². The molecule has 1 aliphatic rings. The third-order valence-electron chi connectivity index (χ3n) is 3.81. The third kappa shape index (κ3) is 3.70. The summed E-state index contributed by atoms with van der Waals surface area (Å²) >= 11 is 1.55. The van der Waals surface area contributed by atoms with E-state index in [1.54, 1.807) is 17.4 Å². The first-order valence-electron chi connectivity index (χ1n) is 6.85. The predicted molar refractivity (Wildman–Crippen MR) is 79.5 cm³/mol. The van der Waals surface area contributed by atoms with Gasteiger partial charge >= 0.3 is 5.97 Å². The predicted octanol–water partition coefficient (Wildman–Crippen LogP) is 2.91. The lowest BCUT2D eigenvalue weighted by Gasteiger charge is -2.33. The molecule has 1 heterocycles. The second-order valence-corrected chi connectivity index (χ2v) is 6.19. The minimum Gasteiger partial charge on any atom is -0.481 e. The summed E-state index contributed by atoms with van der Waals surface area (Å²) in [6.45, 7) is 0.218. The zero-order chi connectivity index (χ0) is 14.4. The highest BCUT2D eigenvalue weighted by Gasteiger charge is 2.39. The normalized spacial score (nSPS) is 18.0. The number of carbonyl (C=O) groups is 2. The highest BCUT2D eigenvalue weighted by atomic mass is 32.1. The van der Waals surface area contributed by atoms with Gasteiger partial charge in [-0.3, -0.25) is 9.59 Å². The SMILES string of the molecule is O=C(/C=C/c1cccs1)NCC1(C(=O)O)CCCCC1. The molecule has 1 amide bonds. The number of nitrogens with one attached hydrogen (secondary N) is 1. The molecule has 0 atom stereocenters. The fourth-order valence-corrected chi connectivity index (χ4v) is 3.17. The number of rotatable bonds is 5. The number of hydrogen-bond acceptors (Lipinski definition) is 3. The van der Waals surface area contributed by atoms with E-state index >= 15 is 0 Å². The van der Waals surface area contributed by atoms with Crippen LogP contribution in [0.1, 0.15) is 37.0 Å². The van der Waals surface area contributed by atoms with Crippen LogP contribution in [-0.4, -0.2) is 23.5 Å². The Morgan fingerprint density at radius 1 is 1.35 bits per heavy atom. The van der Waals surface area contributed by atoms with E-state index in [1.807, 2.05) is 17.5 Å². The highest BCUT2D eigenvalue weighted by molar-refractivity contribution is 7.10. The molecular weight excluding hydrogens is 274 g/mol. The first kappa shape index (κ1) is 14.8. The molecule has 1 aromatic heterocycles. The molecular formula is C15H19NO3S. The molecule has 0 saturated heterocycles. The van der Waals surface area contributed by atoms with Crippen molar-refractivity contribution in [1.82, 2.24) is 5.32 Å². The van der Waals surface area contributed by atoms with Crippen LogP contribution in [0, 0.1) is 5.41 Å². The highest BCUT2D eigenvalue weighted by Crippen LogP contribution is 2.35. The van der Waals surface area contributed by atoms with Gasteiger partial charge in [-0.15, -0.1) is 11.3 Å². The lowest BCUT2D eigenvalue weighted by atomic mass is 9.74. The maximum atomic E-state index is 11.8. The van der Waals surface area contributed by atoms with Crippen molar-refractivity contribution in [3.8, 4) is 0 Å². The average molecular weight is 293 g/mol. The third-order valence-corrected chi connectivity index (χ3v) is 4.65. The van der Waals surface area contributed by atoms with Gasteiger partial charge in [-0.1, -0.05) is 25.3 Å². The Bertz CT molecular complexity index is 487. The number of hydrogen-bond donors (Lipinski definition) is 2. The Morgan fingerprint density at radius 2 is 2.10 bits per heavy atom. The Kier molecular flexibility index (Phi) is 4.95. The van der Waals surface area contributed by atoms with E-state index in [4.69, 9.17) is 0 Å². The summed E-state index contributed by atoms with van der Waals surface area (Å²) in [4.78, 5) is 24.2. The van der Waals surface area contributed by atoms with Crippen LogP contribution in [0.2, 0.25) is 0 Å². The molecule has 1 fully saturated rings. The van der Waals surface area contributed by atoms with E-state index in [0.717, 1.165) is 24.1 Å². The topological polar surface area (TPSA) is 66.4 Å². The molecule has 0 aliphatic heterocycles. The molecule has 108 valence electrons. The zero-order valence-corrected chi connectivity index (χ0v) is 12.1. The van der Waals surface area contributed by atoms with Crippen LogP contribution in [0.3, 0.4) is 0 Å². The van der Waals surface area contributed by atoms with Crippen LogP contribution in [0.5, 0.6) is 0 Å². The van der Waals surface area contributed by atoms with Gasteiger partial charge in [-0.2, -0.15) is 0 Å². The average Bonchev–Trinajstić information content (AvgIpc) is 2.97. The van der Waals surface area contributed by atoms with Gasteiger partial charge in [-0.25, -0.2) is 0 Å². The molecule has 0 aromatic carbocycles. The van der Waals surface area contributed by atoms with Crippen LogP contribution in [0.15, 0.2) is 23.6 Å². The minimum absolute atomic E-state index is 0.218. The summed E-state index contributed by atoms with van der Waals surface area (Å²) in [7, 11) is 0. The van der Waals surface area contributed by atoms with Gasteiger partial charge in [0, 0.05) is 17.5 Å². The van der Waals surface area contributed by atoms with E-state index in [9.17, 15) is 14.7 Å². The monoisotopic (exact) mass is 293 g/mol. The van der Waals surface area contributed by atoms with Crippen LogP contribution >= 0.6 is 11.3 Å². The van der Waals surface area contributed by atoms with Gasteiger partial charge in [0.05, 0.1) is 5.41 Å². The van der Waals surface area contributed by atoms with E-state index in [-0.39, 0.29) is 12.5 Å². The number of carbonyl (C=O) groups excluding carboxylic acids is 1. The quantitative estimate of drug-likeness (QED) is 0.820. The van der Waals surface area contributed by atoms with Crippen LogP contribution < -0.4 is 5.32 Å². The van der Waals surface area contributed by atoms with Crippen LogP contribution in [0.25, 0.3) is 6.08 Å². The van der Waals surface area contributed by atoms with Gasteiger partial charge in [-0.05, 0) is 30.4 Å². The molecule has 2 rings (SSSR count). The lowest BCUT2D eigenvalue weighted by Crippen LogP contribution is -2.44. The maximum absolute atomic E-state index is 11.8. The molecule has 4 nitrogen and oxygen atoms in total. The van der Waals surface area contributed by atoms with Crippen LogP contribution in [0.4, 0.5) is 0 Å². The molecule has 1 saturated carbocycles. The molecule has 1 aliphatic carbocycles. The summed E-state index contributed by atoms with van der Waals surface area (Å²) in [5.74, 6) is -1.02. The van der Waals surface area contributed by atoms with E-state index in [1.165, 1.54) is 6.08 Å². The largest absolute Gasteiger partial charge is 0.481 e. The first-order chi connectivity index (χ1) is 9.62. The van der Waals surface area contributed by atoms with E-state index in [0.29, 0.717) is 12.8 Å². The van der Waals surface area contributed by atoms with Gasteiger partial charge in [0.15, 0.2) is 0 Å². The fraction of sp³-hybridized carbons (Fsp3) is 0.467. The van der Waals surface area contributed by atoms with Gasteiger partial charge in [0.2, 0.25) is 5.91 Å². The summed E-state index contributed by atoms with van der Waals surface area (Å²) < 4.78 is 0. The number of amides is 1. The van der Waals surface area contributed by atoms with Crippen molar-refractivity contribution >= 4 is 29.3 Å². The lowest BCUT2D eigenvalue weighted by molar-refractivity contribution is -0.150. The van der Waals surface area contributed by atoms with E-state index in [2.05, 4.69) is 5.32 Å². The smallest absolute Gasteiger partial charge is 0.311 e. The molecule has 5 heteroatoms. The minimum atomic E-state index is -0.792. The van der Waals surface area contributed by atoms with Gasteiger partial charge < -0.3 is 10.4 Å². The standard InChI is InChI=1S/C15H19NO3S/c17-13(7-6-12-5-4-10-20-12)16-11-15(14(18)19)8-2-1-3-9-15/h4-7,10H,1-3,8-9,11H2,(H,16,17)(H,18,19)/b7-6+. The molecule has 20 heavy (non-hydrogen) atoms. The molecule has 0 unspecified atom stereocenters. The number of carboxylic acids is 1. The van der Waals surface area contributed by atoms with Crippen molar-refractivity contribution in [3.63, 3.8) is 0 Å². The van der Waals surface area contributed by atoms with Crippen LogP contribution in [-0.2, 0) is 9.59 Å². The Balaban J connectivity index is 1.89. The summed E-state index contributed by atoms with van der Waals surface area (Å²) in [6, 6.07) is 3.85. The fourth-order valence-electron chi connectivity index (χ4n) is 2.55. The van der Waals surface area contributed by atoms with E-state index < -0.39 is 11.4 Å². The van der Waals surface area contributed by atoms with Gasteiger partial charge in [0.1, 0.15) is 0 Å². The molecule has 0 bridgehead atoms. The van der Waals surface area contributed by atoms with Crippen molar-refractivity contribution in [2.45, 2.75) is 32.1 Å². The molecule has 2 N–H and O–H groups in total. The first-order valence-corrected chi connectivity index (χ1v) is 7.73. The number of thiophene rings is 1. The molecule has 1 aromatic rings. The second-order valence-electron chi connectivity index (χ2n) is 5.21. The second kappa shape index (κ2) is 6.70. The maximum Gasteiger partial charge on any atom is 0.311 e. The molecule has 0 spiro atoms. The number of carboxylic acid groups (broad SMARTS) is 1. The van der Waals surface area contributed by atoms with Crippen molar-refractivity contribution in [3.05, 3.63) is 28.5 Å².